The third kappa shape index (κ3) is 2.08. The summed E-state index contributed by atoms with van der Waals surface area (Å²) in [6, 6.07) is 3.50. The van der Waals surface area contributed by atoms with Crippen LogP contribution in [0, 0.1) is 5.92 Å². The van der Waals surface area contributed by atoms with Gasteiger partial charge in [-0.1, -0.05) is 6.92 Å². The number of fused-ring (bicyclic) bond motifs is 1. The minimum absolute atomic E-state index is 0.201. The van der Waals surface area contributed by atoms with Gasteiger partial charge in [-0.05, 0) is 18.4 Å². The Bertz CT molecular complexity index is 661. The maximum Gasteiger partial charge on any atom is 0.417 e. The SMILES string of the molecule is CC1CN(c2cc3[nH]c(=O)oc3cc2N)CCC1O. The molecule has 0 spiro atoms. The smallest absolute Gasteiger partial charge is 0.408 e. The molecule has 2 heterocycles. The third-order valence-electron chi connectivity index (χ3n) is 3.77. The van der Waals surface area contributed by atoms with E-state index >= 15 is 0 Å². The lowest BCUT2D eigenvalue weighted by Gasteiger charge is -2.36. The Kier molecular flexibility index (Phi) is 2.74. The highest BCUT2D eigenvalue weighted by atomic mass is 16.4. The standard InChI is InChI=1S/C13H17N3O3/c1-7-6-16(3-2-11(7)17)10-5-9-12(4-8(10)14)19-13(18)15-9/h4-5,7,11,17H,2-3,6,14H2,1H3,(H,15,18). The topological polar surface area (TPSA) is 95.5 Å². The number of anilines is 2. The van der Waals surface area contributed by atoms with E-state index in [1.807, 2.05) is 13.0 Å². The normalized spacial score (nSPS) is 24.0. The summed E-state index contributed by atoms with van der Waals surface area (Å²) in [5, 5.41) is 9.77. The second-order valence-corrected chi connectivity index (χ2v) is 5.20. The summed E-state index contributed by atoms with van der Waals surface area (Å²) in [6.45, 7) is 3.52. The number of H-pyrrole nitrogens is 1. The van der Waals surface area contributed by atoms with Gasteiger partial charge >= 0.3 is 5.76 Å². The van der Waals surface area contributed by atoms with E-state index in [-0.39, 0.29) is 12.0 Å². The molecule has 1 aromatic heterocycles. The lowest BCUT2D eigenvalue weighted by molar-refractivity contribution is 0.0971. The number of hydrogen-bond donors (Lipinski definition) is 3. The van der Waals surface area contributed by atoms with Crippen molar-refractivity contribution in [1.29, 1.82) is 0 Å². The quantitative estimate of drug-likeness (QED) is 0.665. The van der Waals surface area contributed by atoms with Crippen molar-refractivity contribution in [2.24, 2.45) is 5.92 Å². The van der Waals surface area contributed by atoms with Gasteiger partial charge in [-0.2, -0.15) is 0 Å². The molecule has 2 aromatic rings. The fourth-order valence-corrected chi connectivity index (χ4v) is 2.63. The van der Waals surface area contributed by atoms with Crippen molar-refractivity contribution in [1.82, 2.24) is 4.98 Å². The monoisotopic (exact) mass is 263 g/mol. The molecule has 1 fully saturated rings. The van der Waals surface area contributed by atoms with Crippen molar-refractivity contribution >= 4 is 22.5 Å². The van der Waals surface area contributed by atoms with Gasteiger partial charge in [-0.25, -0.2) is 4.79 Å². The molecule has 2 atom stereocenters. The zero-order valence-corrected chi connectivity index (χ0v) is 10.7. The number of aromatic amines is 1. The maximum atomic E-state index is 11.2. The van der Waals surface area contributed by atoms with E-state index < -0.39 is 5.76 Å². The molecular weight excluding hydrogens is 246 g/mol. The zero-order valence-electron chi connectivity index (χ0n) is 10.7. The van der Waals surface area contributed by atoms with Crippen LogP contribution in [-0.4, -0.2) is 29.3 Å². The highest BCUT2D eigenvalue weighted by Gasteiger charge is 2.25. The molecule has 6 heteroatoms. The number of nitrogens with zero attached hydrogens (tertiary/aromatic N) is 1. The number of aromatic nitrogens is 1. The van der Waals surface area contributed by atoms with Gasteiger partial charge in [0.15, 0.2) is 5.58 Å². The highest BCUT2D eigenvalue weighted by Crippen LogP contribution is 2.31. The number of piperidine rings is 1. The van der Waals surface area contributed by atoms with Gasteiger partial charge in [0.1, 0.15) is 0 Å². The molecule has 2 unspecified atom stereocenters. The number of oxazole rings is 1. The summed E-state index contributed by atoms with van der Waals surface area (Å²) >= 11 is 0. The number of rotatable bonds is 1. The predicted octanol–water partition coefficient (Wildman–Crippen LogP) is 0.910. The molecular formula is C13H17N3O3. The molecule has 102 valence electrons. The van der Waals surface area contributed by atoms with Crippen LogP contribution in [0.4, 0.5) is 11.4 Å². The van der Waals surface area contributed by atoms with E-state index in [4.69, 9.17) is 10.2 Å². The second kappa shape index (κ2) is 4.31. The van der Waals surface area contributed by atoms with Gasteiger partial charge in [0.2, 0.25) is 0 Å². The highest BCUT2D eigenvalue weighted by molar-refractivity contribution is 5.85. The third-order valence-corrected chi connectivity index (χ3v) is 3.77. The predicted molar refractivity (Wildman–Crippen MR) is 73.2 cm³/mol. The minimum atomic E-state index is -0.478. The van der Waals surface area contributed by atoms with Crippen LogP contribution in [0.5, 0.6) is 0 Å². The maximum absolute atomic E-state index is 11.2. The molecule has 1 aromatic carbocycles. The van der Waals surface area contributed by atoms with Crippen molar-refractivity contribution in [3.8, 4) is 0 Å². The lowest BCUT2D eigenvalue weighted by Crippen LogP contribution is -2.42. The first-order valence-electron chi connectivity index (χ1n) is 6.40. The molecule has 1 aliphatic rings. The molecule has 6 nitrogen and oxygen atoms in total. The summed E-state index contributed by atoms with van der Waals surface area (Å²) in [5.41, 5.74) is 8.60. The average Bonchev–Trinajstić information content (AvgIpc) is 2.71. The molecule has 19 heavy (non-hydrogen) atoms. The van der Waals surface area contributed by atoms with Gasteiger partial charge in [-0.3, -0.25) is 4.98 Å². The molecule has 0 aliphatic carbocycles. The summed E-state index contributed by atoms with van der Waals surface area (Å²) in [4.78, 5) is 15.9. The lowest BCUT2D eigenvalue weighted by atomic mass is 9.96. The summed E-state index contributed by atoms with van der Waals surface area (Å²) in [7, 11) is 0. The fourth-order valence-electron chi connectivity index (χ4n) is 2.63. The van der Waals surface area contributed by atoms with E-state index in [9.17, 15) is 9.90 Å². The molecule has 0 amide bonds. The molecule has 1 saturated heterocycles. The first-order valence-corrected chi connectivity index (χ1v) is 6.40. The first-order chi connectivity index (χ1) is 9.04. The van der Waals surface area contributed by atoms with Gasteiger partial charge < -0.3 is 20.2 Å². The number of aliphatic hydroxyl groups is 1. The van der Waals surface area contributed by atoms with E-state index in [0.717, 1.165) is 25.2 Å². The Balaban J connectivity index is 2.00. The summed E-state index contributed by atoms with van der Waals surface area (Å²) in [6.07, 6.45) is 0.468. The van der Waals surface area contributed by atoms with Crippen LogP contribution in [0.1, 0.15) is 13.3 Å². The van der Waals surface area contributed by atoms with Crippen LogP contribution >= 0.6 is 0 Å². The van der Waals surface area contributed by atoms with Crippen molar-refractivity contribution in [2.45, 2.75) is 19.4 Å². The van der Waals surface area contributed by atoms with Gasteiger partial charge in [0, 0.05) is 19.2 Å². The summed E-state index contributed by atoms with van der Waals surface area (Å²) in [5.74, 6) is -0.277. The summed E-state index contributed by atoms with van der Waals surface area (Å²) < 4.78 is 4.98. The van der Waals surface area contributed by atoms with E-state index in [0.29, 0.717) is 16.8 Å². The molecule has 1 aliphatic heterocycles. The average molecular weight is 263 g/mol. The van der Waals surface area contributed by atoms with Crippen LogP contribution in [0.3, 0.4) is 0 Å². The number of aliphatic hydroxyl groups excluding tert-OH is 1. The fraction of sp³-hybridized carbons (Fsp3) is 0.462. The van der Waals surface area contributed by atoms with Crippen molar-refractivity contribution in [2.75, 3.05) is 23.7 Å². The Hall–Kier alpha value is -1.95. The van der Waals surface area contributed by atoms with Gasteiger partial charge in [-0.15, -0.1) is 0 Å². The molecule has 0 bridgehead atoms. The number of nitrogen functional groups attached to an aromatic ring is 1. The van der Waals surface area contributed by atoms with Crippen LogP contribution in [0.15, 0.2) is 21.3 Å². The Labute approximate surface area is 109 Å². The minimum Gasteiger partial charge on any atom is -0.408 e. The Morgan fingerprint density at radius 1 is 1.53 bits per heavy atom. The number of nitrogens with two attached hydrogens (primary N) is 1. The Morgan fingerprint density at radius 2 is 2.32 bits per heavy atom. The van der Waals surface area contributed by atoms with Crippen LogP contribution in [-0.2, 0) is 0 Å². The Morgan fingerprint density at radius 3 is 3.05 bits per heavy atom. The molecule has 4 N–H and O–H groups in total. The van der Waals surface area contributed by atoms with E-state index in [2.05, 4.69) is 9.88 Å². The number of hydrogen-bond acceptors (Lipinski definition) is 5. The van der Waals surface area contributed by atoms with E-state index in [1.54, 1.807) is 6.07 Å². The second-order valence-electron chi connectivity index (χ2n) is 5.20. The zero-order chi connectivity index (χ0) is 13.6. The van der Waals surface area contributed by atoms with Crippen molar-refractivity contribution in [3.05, 3.63) is 22.7 Å². The number of benzene rings is 1. The first kappa shape index (κ1) is 12.1. The van der Waals surface area contributed by atoms with Crippen molar-refractivity contribution < 1.29 is 9.52 Å². The van der Waals surface area contributed by atoms with Crippen molar-refractivity contribution in [3.63, 3.8) is 0 Å². The van der Waals surface area contributed by atoms with Crippen LogP contribution in [0.25, 0.3) is 11.1 Å². The number of nitrogens with one attached hydrogen (secondary N) is 1. The molecule has 0 radical (unpaired) electrons. The largest absolute Gasteiger partial charge is 0.417 e. The molecule has 3 rings (SSSR count). The van der Waals surface area contributed by atoms with Gasteiger partial charge in [0.25, 0.3) is 0 Å². The van der Waals surface area contributed by atoms with Gasteiger partial charge in [0.05, 0.1) is 23.0 Å². The van der Waals surface area contributed by atoms with Crippen LogP contribution < -0.4 is 16.4 Å². The molecule has 0 saturated carbocycles. The van der Waals surface area contributed by atoms with Crippen LogP contribution in [0.2, 0.25) is 0 Å². The van der Waals surface area contributed by atoms with E-state index in [1.165, 1.54) is 0 Å².